The van der Waals surface area contributed by atoms with Crippen molar-refractivity contribution in [3.8, 4) is 34.5 Å². The highest BCUT2D eigenvalue weighted by Crippen LogP contribution is 2.38. The van der Waals surface area contributed by atoms with Crippen LogP contribution in [0.3, 0.4) is 0 Å². The van der Waals surface area contributed by atoms with Gasteiger partial charge in [-0.25, -0.2) is 0 Å². The smallest absolute Gasteiger partial charge is 0.304 e. The number of fused-ring (bicyclic) bond motifs is 1. The Labute approximate surface area is 195 Å². The molecule has 0 radical (unpaired) electrons. The fourth-order valence-corrected chi connectivity index (χ4v) is 4.36. The van der Waals surface area contributed by atoms with Crippen LogP contribution in [0.1, 0.15) is 55.4 Å². The summed E-state index contributed by atoms with van der Waals surface area (Å²) in [5, 5.41) is 9.14. The van der Waals surface area contributed by atoms with Crippen LogP contribution in [0.4, 0.5) is 0 Å². The Hall–Kier alpha value is -3.71. The average Bonchev–Trinajstić information content (AvgIpc) is 3.21. The lowest BCUT2D eigenvalue weighted by Gasteiger charge is -2.16. The van der Waals surface area contributed by atoms with Crippen LogP contribution in [-0.4, -0.2) is 17.7 Å². The van der Waals surface area contributed by atoms with E-state index in [-0.39, 0.29) is 18.4 Å². The average molecular weight is 441 g/mol. The minimum atomic E-state index is -0.852. The number of benzene rings is 3. The van der Waals surface area contributed by atoms with Gasteiger partial charge in [-0.2, -0.15) is 0 Å². The molecule has 1 N–H and O–H groups in total. The van der Waals surface area contributed by atoms with Crippen molar-refractivity contribution in [1.82, 2.24) is 0 Å². The molecule has 0 bridgehead atoms. The van der Waals surface area contributed by atoms with Gasteiger partial charge in [-0.3, -0.25) is 4.79 Å². The normalized spacial score (nSPS) is 15.2. The highest BCUT2D eigenvalue weighted by molar-refractivity contribution is 5.69. The Morgan fingerprint density at radius 2 is 1.85 bits per heavy atom. The second-order valence-corrected chi connectivity index (χ2v) is 8.13. The predicted molar refractivity (Wildman–Crippen MR) is 130 cm³/mol. The van der Waals surface area contributed by atoms with E-state index in [1.165, 1.54) is 16.7 Å². The minimum Gasteiger partial charge on any atom is -0.494 e. The lowest BCUT2D eigenvalue weighted by molar-refractivity contribution is -0.137. The molecule has 0 saturated heterocycles. The van der Waals surface area contributed by atoms with E-state index in [1.807, 2.05) is 43.3 Å². The van der Waals surface area contributed by atoms with Crippen LogP contribution in [0.25, 0.3) is 11.1 Å². The van der Waals surface area contributed by atoms with E-state index in [9.17, 15) is 4.79 Å². The van der Waals surface area contributed by atoms with Gasteiger partial charge in [0.2, 0.25) is 0 Å². The zero-order valence-corrected chi connectivity index (χ0v) is 19.0. The Morgan fingerprint density at radius 1 is 1.06 bits per heavy atom. The van der Waals surface area contributed by atoms with Crippen LogP contribution in [0.2, 0.25) is 0 Å². The second-order valence-electron chi connectivity index (χ2n) is 8.13. The number of hydrogen-bond acceptors (Lipinski definition) is 3. The maximum absolute atomic E-state index is 11.1. The Kier molecular flexibility index (Phi) is 7.00. The molecule has 33 heavy (non-hydrogen) atoms. The van der Waals surface area contributed by atoms with Crippen molar-refractivity contribution < 1.29 is 19.4 Å². The molecule has 2 atom stereocenters. The van der Waals surface area contributed by atoms with Gasteiger partial charge in [0.1, 0.15) is 17.6 Å². The molecule has 0 aliphatic heterocycles. The second kappa shape index (κ2) is 10.3. The van der Waals surface area contributed by atoms with Crippen molar-refractivity contribution in [2.75, 3.05) is 6.61 Å². The molecule has 3 aromatic carbocycles. The van der Waals surface area contributed by atoms with Gasteiger partial charge in [0.25, 0.3) is 0 Å². The van der Waals surface area contributed by atoms with Crippen LogP contribution in [0.15, 0.2) is 66.7 Å². The standard InChI is InChI=1S/C29H28O4/c1-3-6-21(19-29(30)31)20-9-13-25(14-10-20)33-28-16-12-24-17-23(11-15-27(24)28)22-7-5-8-26(18-22)32-4-2/h5,7-11,13-15,17-18,21,28H,4,12,16,19H2,1-2H3,(H,30,31). The summed E-state index contributed by atoms with van der Waals surface area (Å²) in [5.74, 6) is 6.32. The van der Waals surface area contributed by atoms with Crippen molar-refractivity contribution in [3.05, 3.63) is 83.4 Å². The zero-order valence-electron chi connectivity index (χ0n) is 19.0. The number of carboxylic acids is 1. The zero-order chi connectivity index (χ0) is 23.2. The summed E-state index contributed by atoms with van der Waals surface area (Å²) in [6.45, 7) is 4.37. The largest absolute Gasteiger partial charge is 0.494 e. The van der Waals surface area contributed by atoms with Crippen molar-refractivity contribution in [1.29, 1.82) is 0 Å². The summed E-state index contributed by atoms with van der Waals surface area (Å²) >= 11 is 0. The van der Waals surface area contributed by atoms with Crippen LogP contribution in [-0.2, 0) is 11.2 Å². The van der Waals surface area contributed by atoms with E-state index >= 15 is 0 Å². The molecule has 4 nitrogen and oxygen atoms in total. The number of hydrogen-bond donors (Lipinski definition) is 1. The topological polar surface area (TPSA) is 55.8 Å². The van der Waals surface area contributed by atoms with Crippen LogP contribution in [0, 0.1) is 11.8 Å². The Morgan fingerprint density at radius 3 is 2.58 bits per heavy atom. The fraction of sp³-hybridized carbons (Fsp3) is 0.276. The summed E-state index contributed by atoms with van der Waals surface area (Å²) in [5.41, 5.74) is 5.77. The lowest BCUT2D eigenvalue weighted by atomic mass is 9.96. The molecule has 0 saturated carbocycles. The van der Waals surface area contributed by atoms with Crippen molar-refractivity contribution in [2.24, 2.45) is 0 Å². The Bertz CT molecular complexity index is 1180. The van der Waals surface area contributed by atoms with Crippen molar-refractivity contribution in [3.63, 3.8) is 0 Å². The van der Waals surface area contributed by atoms with Crippen LogP contribution >= 0.6 is 0 Å². The highest BCUT2D eigenvalue weighted by atomic mass is 16.5. The number of ether oxygens (including phenoxy) is 2. The van der Waals surface area contributed by atoms with Crippen LogP contribution in [0.5, 0.6) is 11.5 Å². The molecule has 4 rings (SSSR count). The molecule has 4 heteroatoms. The third-order valence-electron chi connectivity index (χ3n) is 5.90. The fourth-order valence-electron chi connectivity index (χ4n) is 4.36. The summed E-state index contributed by atoms with van der Waals surface area (Å²) in [6.07, 6.45) is 1.92. The van der Waals surface area contributed by atoms with Gasteiger partial charge in [0.15, 0.2) is 0 Å². The van der Waals surface area contributed by atoms with E-state index in [2.05, 4.69) is 42.2 Å². The summed E-state index contributed by atoms with van der Waals surface area (Å²) in [6, 6.07) is 22.4. The van der Waals surface area contributed by atoms with E-state index < -0.39 is 5.97 Å². The number of carbonyl (C=O) groups is 1. The van der Waals surface area contributed by atoms with Gasteiger partial charge >= 0.3 is 5.97 Å². The molecule has 168 valence electrons. The lowest BCUT2D eigenvalue weighted by Crippen LogP contribution is -2.06. The summed E-state index contributed by atoms with van der Waals surface area (Å²) in [7, 11) is 0. The first-order valence-electron chi connectivity index (χ1n) is 11.3. The third-order valence-corrected chi connectivity index (χ3v) is 5.90. The van der Waals surface area contributed by atoms with E-state index in [0.29, 0.717) is 6.61 Å². The molecule has 0 fully saturated rings. The van der Waals surface area contributed by atoms with Gasteiger partial charge in [0, 0.05) is 0 Å². The predicted octanol–water partition coefficient (Wildman–Crippen LogP) is 6.40. The molecule has 3 aromatic rings. The molecular formula is C29H28O4. The SMILES string of the molecule is CC#CC(CC(=O)O)c1ccc(OC2CCc3cc(-c4cccc(OCC)c4)ccc32)cc1. The maximum Gasteiger partial charge on any atom is 0.304 e. The molecule has 0 amide bonds. The molecule has 2 unspecified atom stereocenters. The molecule has 0 spiro atoms. The number of rotatable bonds is 8. The van der Waals surface area contributed by atoms with E-state index in [0.717, 1.165) is 35.5 Å². The van der Waals surface area contributed by atoms with Gasteiger partial charge in [-0.1, -0.05) is 48.4 Å². The third kappa shape index (κ3) is 5.38. The van der Waals surface area contributed by atoms with Crippen molar-refractivity contribution >= 4 is 5.97 Å². The van der Waals surface area contributed by atoms with Gasteiger partial charge in [0.05, 0.1) is 18.9 Å². The first-order valence-corrected chi connectivity index (χ1v) is 11.3. The molecule has 1 aliphatic carbocycles. The van der Waals surface area contributed by atoms with E-state index in [1.54, 1.807) is 6.92 Å². The number of aliphatic carboxylic acids is 1. The number of carboxylic acid groups (broad SMARTS) is 1. The molecular weight excluding hydrogens is 412 g/mol. The van der Waals surface area contributed by atoms with Crippen molar-refractivity contribution in [2.45, 2.75) is 45.1 Å². The molecule has 0 heterocycles. The molecule has 0 aromatic heterocycles. The maximum atomic E-state index is 11.1. The monoisotopic (exact) mass is 440 g/mol. The first-order chi connectivity index (χ1) is 16.1. The quantitative estimate of drug-likeness (QED) is 0.412. The van der Waals surface area contributed by atoms with Crippen LogP contribution < -0.4 is 9.47 Å². The van der Waals surface area contributed by atoms with E-state index in [4.69, 9.17) is 14.6 Å². The minimum absolute atomic E-state index is 0.00709. The highest BCUT2D eigenvalue weighted by Gasteiger charge is 2.24. The van der Waals surface area contributed by atoms with Gasteiger partial charge in [-0.15, -0.1) is 5.92 Å². The van der Waals surface area contributed by atoms with Gasteiger partial charge in [-0.05, 0) is 78.8 Å². The first kappa shape index (κ1) is 22.5. The molecule has 1 aliphatic rings. The number of aryl methyl sites for hydroxylation is 1. The van der Waals surface area contributed by atoms with Gasteiger partial charge < -0.3 is 14.6 Å². The summed E-state index contributed by atoms with van der Waals surface area (Å²) < 4.78 is 11.9. The summed E-state index contributed by atoms with van der Waals surface area (Å²) in [4.78, 5) is 11.1. The Balaban J connectivity index is 1.48.